The monoisotopic (exact) mass is 1980 g/mol. The van der Waals surface area contributed by atoms with Gasteiger partial charge in [0.2, 0.25) is 53.2 Å². The summed E-state index contributed by atoms with van der Waals surface area (Å²) in [5.74, 6) is -20.5. The minimum absolute atomic E-state index is 0.0885. The Morgan fingerprint density at radius 3 is 1.68 bits per heavy atom. The smallest absolute Gasteiger partial charge is 0.329 e. The number of carbonyl (C=O) groups excluding carboxylic acids is 16. The maximum Gasteiger partial charge on any atom is 0.329 e. The molecule has 0 saturated carbocycles. The number of nitrogens with two attached hydrogens (primary N) is 1. The van der Waals surface area contributed by atoms with Gasteiger partial charge in [-0.1, -0.05) is 121 Å². The van der Waals surface area contributed by atoms with E-state index in [0.717, 1.165) is 152 Å². The molecule has 0 radical (unpaired) electrons. The molecule has 778 valence electrons. The fourth-order valence-electron chi connectivity index (χ4n) is 15.9. The van der Waals surface area contributed by atoms with Gasteiger partial charge in [0.1, 0.15) is 121 Å². The number of primary amides is 1. The first kappa shape index (κ1) is 116. The second kappa shape index (κ2) is 57.5. The molecule has 2 aromatic rings. The molecule has 11 amide bonds. The van der Waals surface area contributed by atoms with E-state index in [1.807, 2.05) is 0 Å². The first-order valence-corrected chi connectivity index (χ1v) is 46.3. The van der Waals surface area contributed by atoms with Gasteiger partial charge >= 0.3 is 29.8 Å². The molecule has 27 atom stereocenters. The topological polar surface area (TPSA) is 714 Å². The van der Waals surface area contributed by atoms with Crippen LogP contribution in [0.4, 0.5) is 0 Å². The molecule has 6 rings (SSSR count). The number of hydrogen-bond acceptors (Lipinski definition) is 37. The number of aliphatic hydroxyl groups excluding tert-OH is 8. The number of nitrogens with one attached hydrogen (secondary N) is 9. The molecule has 4 aliphatic rings. The number of unbranched alkanes of at least 4 members (excludes halogenated alkanes) is 12. The quantitative estimate of drug-likeness (QED) is 0.0130. The minimum atomic E-state index is -2.47. The predicted octanol–water partition coefficient (Wildman–Crippen LogP) is -4.15. The number of aliphatic hydroxyl groups is 8. The van der Waals surface area contributed by atoms with Gasteiger partial charge < -0.3 is 162 Å². The van der Waals surface area contributed by atoms with Crippen molar-refractivity contribution in [2.24, 2.45) is 5.73 Å². The summed E-state index contributed by atoms with van der Waals surface area (Å²) in [7, 11) is 0.966. The highest BCUT2D eigenvalue weighted by molar-refractivity contribution is 6.03. The Labute approximate surface area is 802 Å². The SMILES string of the molecule is CC=C1NC(=O)C(Cc2ccc(O)cc2)NC(=O)C(C(C)O)NC(=O)C(NC(=O)C(NC(=O)C(O)C(CCCCCCCCCCCCCCC)OC2OCC(O)C(OC3OC(CO)C(O)C(O)C3NC(C)=O)C2O)C(C)O)C(C)OC(=O)C(Cc2ccc(O)cc2)NC(=O)C(C(C)OC2OC(COC(C)=O)C(OC(C)=O)C(OC(C)=O)C2OC(C)=O)N(C)C(=O)CNC(=O)C(CCC(N)=O)NC1=O. The van der Waals surface area contributed by atoms with E-state index in [0.29, 0.717) is 17.7 Å². The number of esters is 5. The molecule has 2 aromatic carbocycles. The van der Waals surface area contributed by atoms with Crippen LogP contribution < -0.4 is 53.6 Å². The first-order chi connectivity index (χ1) is 65.7. The summed E-state index contributed by atoms with van der Waals surface area (Å²) >= 11 is 0. The van der Waals surface area contributed by atoms with Gasteiger partial charge in [0.15, 0.2) is 43.3 Å². The van der Waals surface area contributed by atoms with Crippen molar-refractivity contribution >= 4 is 94.8 Å². The van der Waals surface area contributed by atoms with Gasteiger partial charge in [0, 0.05) is 60.9 Å². The van der Waals surface area contributed by atoms with Crippen molar-refractivity contribution in [1.29, 1.82) is 0 Å². The molecule has 48 heteroatoms. The number of nitrogens with zero attached hydrogens (tertiary/aromatic N) is 1. The average molecular weight is 1980 g/mol. The zero-order valence-electron chi connectivity index (χ0n) is 79.9. The van der Waals surface area contributed by atoms with Gasteiger partial charge in [-0.2, -0.15) is 0 Å². The predicted molar refractivity (Wildman–Crippen MR) is 480 cm³/mol. The summed E-state index contributed by atoms with van der Waals surface area (Å²) in [5.41, 5.74) is 5.15. The molecule has 27 unspecified atom stereocenters. The van der Waals surface area contributed by atoms with Crippen molar-refractivity contribution in [3.05, 3.63) is 71.4 Å². The largest absolute Gasteiger partial charge is 0.508 e. The van der Waals surface area contributed by atoms with E-state index in [2.05, 4.69) is 54.8 Å². The Morgan fingerprint density at radius 2 is 1.14 bits per heavy atom. The molecular weight excluding hydrogens is 1840 g/mol. The molecular formula is C91H137N11O37. The third-order valence-electron chi connectivity index (χ3n) is 23.3. The molecule has 21 N–H and O–H groups in total. The Bertz CT molecular complexity index is 4450. The summed E-state index contributed by atoms with van der Waals surface area (Å²) < 4.78 is 64.2. The molecule has 4 saturated heterocycles. The van der Waals surface area contributed by atoms with Crippen molar-refractivity contribution in [3.63, 3.8) is 0 Å². The highest BCUT2D eigenvalue weighted by atomic mass is 16.8. The molecule has 0 bridgehead atoms. The van der Waals surface area contributed by atoms with E-state index >= 15 is 19.2 Å². The average Bonchev–Trinajstić information content (AvgIpc) is 0.782. The number of ether oxygens (including phenoxy) is 11. The molecule has 48 nitrogen and oxygen atoms in total. The van der Waals surface area contributed by atoms with Crippen LogP contribution in [0.5, 0.6) is 11.5 Å². The van der Waals surface area contributed by atoms with Crippen molar-refractivity contribution in [1.82, 2.24) is 52.8 Å². The molecule has 4 aliphatic heterocycles. The zero-order chi connectivity index (χ0) is 103. The normalized spacial score (nSPS) is 28.4. The van der Waals surface area contributed by atoms with Crippen LogP contribution in [-0.2, 0) is 142 Å². The van der Waals surface area contributed by atoms with E-state index in [1.54, 1.807) is 0 Å². The Hall–Kier alpha value is -11.3. The van der Waals surface area contributed by atoms with Gasteiger partial charge in [0.05, 0.1) is 44.2 Å². The van der Waals surface area contributed by atoms with E-state index in [1.165, 1.54) is 43.3 Å². The number of amides is 11. The second-order valence-corrected chi connectivity index (χ2v) is 34.7. The fraction of sp³-hybridized carbons (Fsp3) is 0.670. The van der Waals surface area contributed by atoms with Crippen molar-refractivity contribution in [2.45, 2.75) is 357 Å². The third kappa shape index (κ3) is 36.7. The van der Waals surface area contributed by atoms with Gasteiger partial charge in [-0.15, -0.1) is 0 Å². The third-order valence-corrected chi connectivity index (χ3v) is 23.3. The highest BCUT2D eigenvalue weighted by Gasteiger charge is 2.56. The van der Waals surface area contributed by atoms with Crippen LogP contribution in [0.3, 0.4) is 0 Å². The summed E-state index contributed by atoms with van der Waals surface area (Å²) in [6.07, 6.45) is -26.4. The number of benzene rings is 2. The molecule has 0 aliphatic carbocycles. The second-order valence-electron chi connectivity index (χ2n) is 34.7. The molecule has 0 spiro atoms. The van der Waals surface area contributed by atoms with Crippen LogP contribution in [-0.4, -0.2) is 349 Å². The van der Waals surface area contributed by atoms with Crippen LogP contribution in [0.15, 0.2) is 60.3 Å². The number of phenolic OH excluding ortho intramolecular Hbond substituents is 2. The zero-order valence-corrected chi connectivity index (χ0v) is 79.9. The van der Waals surface area contributed by atoms with Crippen LogP contribution in [0.2, 0.25) is 0 Å². The molecule has 0 aromatic heterocycles. The fourth-order valence-corrected chi connectivity index (χ4v) is 15.9. The maximum atomic E-state index is 15.8. The Kier molecular flexibility index (Phi) is 48.1. The van der Waals surface area contributed by atoms with Crippen LogP contribution in [0.25, 0.3) is 0 Å². The van der Waals surface area contributed by atoms with Gasteiger partial charge in [-0.3, -0.25) is 71.9 Å². The van der Waals surface area contributed by atoms with Gasteiger partial charge in [-0.25, -0.2) is 4.79 Å². The highest BCUT2D eigenvalue weighted by Crippen LogP contribution is 2.34. The molecule has 4 heterocycles. The lowest BCUT2D eigenvalue weighted by Gasteiger charge is -2.46. The van der Waals surface area contributed by atoms with Crippen molar-refractivity contribution in [3.8, 4) is 11.5 Å². The number of likely N-dealkylation sites (N-methyl/N-ethyl adjacent to an activating group) is 1. The molecule has 4 fully saturated rings. The first-order valence-electron chi connectivity index (χ1n) is 46.3. The summed E-state index contributed by atoms with van der Waals surface area (Å²) in [6, 6.07) is -6.77. The van der Waals surface area contributed by atoms with E-state index in [9.17, 15) is 109 Å². The molecule has 139 heavy (non-hydrogen) atoms. The number of cyclic esters (lactones) is 1. The van der Waals surface area contributed by atoms with Gasteiger partial charge in [-0.05, 0) is 82.9 Å². The lowest BCUT2D eigenvalue weighted by Crippen LogP contribution is -2.67. The van der Waals surface area contributed by atoms with Crippen molar-refractivity contribution in [2.75, 3.05) is 33.4 Å². The van der Waals surface area contributed by atoms with E-state index in [-0.39, 0.29) is 35.5 Å². The number of phenols is 2. The van der Waals surface area contributed by atoms with Crippen LogP contribution in [0, 0.1) is 0 Å². The van der Waals surface area contributed by atoms with E-state index in [4.69, 9.17) is 57.8 Å². The number of aromatic hydroxyl groups is 2. The maximum absolute atomic E-state index is 15.8. The number of carbonyl (C=O) groups is 16. The van der Waals surface area contributed by atoms with Crippen LogP contribution >= 0.6 is 0 Å². The number of allylic oxidation sites excluding steroid dienone is 1. The standard InChI is InChI=1S/C91H137N11O37/c1-13-15-16-17-18-19-20-21-22-23-24-25-26-27-62(136-90-75(119)76(61(113)42-130-90)139-89-70(94-48(7)106)74(118)72(116)63(41-103)137-89)73(117)87(127)100-68(45(4)105)84(124)101-69-46(5)131-88(128)60(39-54-30-34-56(112)35-31-54)98-86(126)71(47(6)132-91-79(135-52(11)110)78(134-51(10)109)77(133-50(9)108)64(138-91)43-129-49(8)107)102(12)66(115)40-93-80(120)58(36-37-65(92)114)96-81(121)57(14-2)95-82(122)59(38-53-28-32-55(111)33-29-53)97-83(123)67(44(3)104)99-85(69)125/h14,28-35,44-47,58-64,67-79,89-91,103-105,111-113,116-119H,13,15-27,36-43H2,1-12H3,(H2,92,114)(H,93,120)(H,94,106)(H,95,122)(H,96,121)(H,97,123)(H,98,126)(H,99,125)(H,100,127)(H,101,124). The number of rotatable bonds is 42. The Balaban J connectivity index is 1.49. The summed E-state index contributed by atoms with van der Waals surface area (Å²) in [4.78, 5) is 227. The summed E-state index contributed by atoms with van der Waals surface area (Å²) in [6.45, 7) is 8.66. The summed E-state index contributed by atoms with van der Waals surface area (Å²) in [5, 5.41) is 132. The van der Waals surface area contributed by atoms with Crippen LogP contribution in [0.1, 0.15) is 190 Å². The minimum Gasteiger partial charge on any atom is -0.508 e. The Morgan fingerprint density at radius 1 is 0.597 bits per heavy atom. The van der Waals surface area contributed by atoms with E-state index < -0.39 is 317 Å². The van der Waals surface area contributed by atoms with Gasteiger partial charge in [0.25, 0.3) is 11.8 Å². The number of hydrogen-bond donors (Lipinski definition) is 20. The lowest BCUT2D eigenvalue weighted by molar-refractivity contribution is -0.339. The van der Waals surface area contributed by atoms with Crippen molar-refractivity contribution < 1.29 is 180 Å². The lowest BCUT2D eigenvalue weighted by atomic mass is 9.96.